The van der Waals surface area contributed by atoms with Gasteiger partial charge in [-0.25, -0.2) is 8.42 Å². The molecule has 2 aliphatic carbocycles. The van der Waals surface area contributed by atoms with Crippen molar-refractivity contribution in [3.05, 3.63) is 130 Å². The van der Waals surface area contributed by atoms with E-state index < -0.39 is 19.6 Å². The van der Waals surface area contributed by atoms with Crippen LogP contribution < -0.4 is 0 Å². The van der Waals surface area contributed by atoms with E-state index in [1.807, 2.05) is 121 Å². The van der Waals surface area contributed by atoms with Gasteiger partial charge in [0.2, 0.25) is 0 Å². The molecule has 0 spiro atoms. The van der Waals surface area contributed by atoms with Crippen LogP contribution in [0, 0.1) is 11.8 Å². The summed E-state index contributed by atoms with van der Waals surface area (Å²) in [5.74, 6) is -0.462. The lowest BCUT2D eigenvalue weighted by Crippen LogP contribution is -2.25. The fraction of sp³-hybridized carbons (Fsp3) is 0.200. The van der Waals surface area contributed by atoms with Crippen LogP contribution in [0.5, 0.6) is 0 Å². The molecular formula is C30H26Cl4O2S. The van der Waals surface area contributed by atoms with Gasteiger partial charge in [0.15, 0.2) is 9.84 Å². The number of hydrogen-bond acceptors (Lipinski definition) is 2. The lowest BCUT2D eigenvalue weighted by Gasteiger charge is -2.23. The number of alkyl halides is 2. The molecular weight excluding hydrogens is 566 g/mol. The second kappa shape index (κ2) is 11.8. The van der Waals surface area contributed by atoms with Crippen LogP contribution in [0.15, 0.2) is 109 Å². The van der Waals surface area contributed by atoms with Gasteiger partial charge in [0.25, 0.3) is 0 Å². The molecule has 2 aromatic carbocycles. The van der Waals surface area contributed by atoms with Crippen LogP contribution in [0.25, 0.3) is 12.2 Å². The standard InChI is InChI=1S/C30H26Cl4O2S/c31-27-7-3-1-5-25(27)13-19-29(33)15-9-23(10-16-29)21-37(35,36)22-24-11-17-30(34,18-12-24)20-14-26-6-2-4-8-28(26)32/h1-20,23-24H,21-22H2/b19-13+,20-14+. The van der Waals surface area contributed by atoms with Crippen molar-refractivity contribution in [2.75, 3.05) is 11.5 Å². The molecule has 0 saturated heterocycles. The molecule has 0 saturated carbocycles. The molecule has 0 amide bonds. The summed E-state index contributed by atoms with van der Waals surface area (Å²) in [5.41, 5.74) is 1.73. The molecule has 0 fully saturated rings. The number of allylic oxidation sites excluding steroid dienone is 10. The predicted octanol–water partition coefficient (Wildman–Crippen LogP) is 8.57. The minimum Gasteiger partial charge on any atom is -0.229 e. The first kappa shape index (κ1) is 28.0. The molecule has 0 aliphatic heterocycles. The molecule has 0 unspecified atom stereocenters. The quantitative estimate of drug-likeness (QED) is 0.227. The third kappa shape index (κ3) is 7.99. The Morgan fingerprint density at radius 2 is 1.00 bits per heavy atom. The maximum absolute atomic E-state index is 12.9. The molecule has 0 heterocycles. The van der Waals surface area contributed by atoms with Crippen LogP contribution in [0.2, 0.25) is 10.0 Å². The zero-order valence-corrected chi connectivity index (χ0v) is 23.7. The van der Waals surface area contributed by atoms with Crippen LogP contribution >= 0.6 is 46.4 Å². The molecule has 192 valence electrons. The Balaban J connectivity index is 1.33. The van der Waals surface area contributed by atoms with Crippen molar-refractivity contribution < 1.29 is 8.42 Å². The van der Waals surface area contributed by atoms with Gasteiger partial charge >= 0.3 is 0 Å². The fourth-order valence-electron chi connectivity index (χ4n) is 4.08. The number of sulfone groups is 1. The van der Waals surface area contributed by atoms with Gasteiger partial charge in [0.1, 0.15) is 0 Å². The minimum atomic E-state index is -3.34. The highest BCUT2D eigenvalue weighted by atomic mass is 35.5. The highest BCUT2D eigenvalue weighted by molar-refractivity contribution is 7.91. The molecule has 37 heavy (non-hydrogen) atoms. The lowest BCUT2D eigenvalue weighted by atomic mass is 9.95. The van der Waals surface area contributed by atoms with Crippen molar-refractivity contribution in [1.29, 1.82) is 0 Å². The zero-order valence-electron chi connectivity index (χ0n) is 19.9. The summed E-state index contributed by atoms with van der Waals surface area (Å²) in [6, 6.07) is 15.0. The summed E-state index contributed by atoms with van der Waals surface area (Å²) in [6.07, 6.45) is 22.0. The van der Waals surface area contributed by atoms with E-state index in [4.69, 9.17) is 46.4 Å². The van der Waals surface area contributed by atoms with Gasteiger partial charge in [-0.3, -0.25) is 0 Å². The van der Waals surface area contributed by atoms with Gasteiger partial charge in [0, 0.05) is 21.9 Å². The highest BCUT2D eigenvalue weighted by Gasteiger charge is 2.27. The molecule has 2 aliphatic rings. The van der Waals surface area contributed by atoms with Gasteiger partial charge in [-0.2, -0.15) is 0 Å². The largest absolute Gasteiger partial charge is 0.229 e. The van der Waals surface area contributed by atoms with Crippen LogP contribution in [-0.4, -0.2) is 29.7 Å². The normalized spacial score (nSPS) is 27.5. The summed E-state index contributed by atoms with van der Waals surface area (Å²) >= 11 is 25.8. The Labute approximate surface area is 239 Å². The Kier molecular flexibility index (Phi) is 8.93. The van der Waals surface area contributed by atoms with Crippen molar-refractivity contribution >= 4 is 68.4 Å². The van der Waals surface area contributed by atoms with Gasteiger partial charge in [-0.1, -0.05) is 133 Å². The minimum absolute atomic E-state index is 0.0117. The molecule has 0 N–H and O–H groups in total. The molecule has 0 radical (unpaired) electrons. The van der Waals surface area contributed by atoms with E-state index in [0.29, 0.717) is 10.0 Å². The Bertz CT molecular complexity index is 1290. The molecule has 2 aromatic rings. The van der Waals surface area contributed by atoms with E-state index in [9.17, 15) is 8.42 Å². The SMILES string of the molecule is O=S(=O)(CC1C=CC(Cl)(/C=C/c2ccccc2Cl)C=C1)CC1C=CC(Cl)(/C=C/c2ccccc2Cl)C=C1. The highest BCUT2D eigenvalue weighted by Crippen LogP contribution is 2.31. The monoisotopic (exact) mass is 590 g/mol. The summed E-state index contributed by atoms with van der Waals surface area (Å²) in [4.78, 5) is -1.65. The van der Waals surface area contributed by atoms with Crippen LogP contribution in [0.4, 0.5) is 0 Å². The Hall–Kier alpha value is -2.01. The second-order valence-electron chi connectivity index (χ2n) is 9.21. The summed E-state index contributed by atoms with van der Waals surface area (Å²) in [5, 5.41) is 1.28. The third-order valence-corrected chi connectivity index (χ3v) is 9.37. The first-order valence-corrected chi connectivity index (χ1v) is 15.1. The van der Waals surface area contributed by atoms with E-state index >= 15 is 0 Å². The Morgan fingerprint density at radius 3 is 1.35 bits per heavy atom. The maximum atomic E-state index is 12.9. The Morgan fingerprint density at radius 1 is 0.649 bits per heavy atom. The fourth-order valence-corrected chi connectivity index (χ4v) is 6.65. The van der Waals surface area contributed by atoms with E-state index in [1.165, 1.54) is 0 Å². The van der Waals surface area contributed by atoms with Crippen molar-refractivity contribution in [2.24, 2.45) is 11.8 Å². The van der Waals surface area contributed by atoms with Crippen molar-refractivity contribution in [3.63, 3.8) is 0 Å². The van der Waals surface area contributed by atoms with Crippen molar-refractivity contribution in [3.8, 4) is 0 Å². The van der Waals surface area contributed by atoms with E-state index in [1.54, 1.807) is 0 Å². The van der Waals surface area contributed by atoms with Gasteiger partial charge < -0.3 is 0 Å². The molecule has 4 rings (SSSR count). The summed E-state index contributed by atoms with van der Waals surface area (Å²) < 4.78 is 25.9. The first-order valence-electron chi connectivity index (χ1n) is 11.8. The van der Waals surface area contributed by atoms with Crippen LogP contribution in [-0.2, 0) is 9.84 Å². The van der Waals surface area contributed by atoms with Crippen LogP contribution in [0.1, 0.15) is 11.1 Å². The number of hydrogen-bond donors (Lipinski definition) is 0. The molecule has 0 bridgehead atoms. The number of halogens is 4. The average Bonchev–Trinajstić information content (AvgIpc) is 2.86. The molecule has 0 atom stereocenters. The summed E-state index contributed by atoms with van der Waals surface area (Å²) in [6.45, 7) is 0. The molecule has 7 heteroatoms. The zero-order chi connectivity index (χ0) is 26.5. The van der Waals surface area contributed by atoms with E-state index in [0.717, 1.165) is 11.1 Å². The molecule has 2 nitrogen and oxygen atoms in total. The topological polar surface area (TPSA) is 34.1 Å². The second-order valence-corrected chi connectivity index (χ2v) is 13.5. The van der Waals surface area contributed by atoms with Crippen molar-refractivity contribution in [2.45, 2.75) is 9.75 Å². The smallest absolute Gasteiger partial charge is 0.152 e. The lowest BCUT2D eigenvalue weighted by molar-refractivity contribution is 0.586. The van der Waals surface area contributed by atoms with Gasteiger partial charge in [-0.15, -0.1) is 23.2 Å². The first-order chi connectivity index (χ1) is 17.5. The van der Waals surface area contributed by atoms with Gasteiger partial charge in [-0.05, 0) is 23.3 Å². The van der Waals surface area contributed by atoms with Crippen molar-refractivity contribution in [1.82, 2.24) is 0 Å². The number of rotatable bonds is 8. The average molecular weight is 592 g/mol. The maximum Gasteiger partial charge on any atom is 0.152 e. The third-order valence-electron chi connectivity index (χ3n) is 6.14. The van der Waals surface area contributed by atoms with E-state index in [-0.39, 0.29) is 23.3 Å². The van der Waals surface area contributed by atoms with Crippen LogP contribution in [0.3, 0.4) is 0 Å². The predicted molar refractivity (Wildman–Crippen MR) is 160 cm³/mol. The summed E-state index contributed by atoms with van der Waals surface area (Å²) in [7, 11) is -3.34. The number of benzene rings is 2. The van der Waals surface area contributed by atoms with Gasteiger partial charge in [0.05, 0.1) is 21.3 Å². The van der Waals surface area contributed by atoms with E-state index in [2.05, 4.69) is 0 Å². The molecule has 0 aromatic heterocycles.